The Hall–Kier alpha value is -1.49. The van der Waals surface area contributed by atoms with Crippen molar-refractivity contribution < 1.29 is 14.3 Å². The number of allylic oxidation sites excluding steroid dienone is 1. The number of Topliss-reactive ketones (excluding diaryl/α,β-unsaturated/α-hetero) is 1. The average molecular weight is 378 g/mol. The maximum atomic E-state index is 12.5. The molecule has 4 nitrogen and oxygen atoms in total. The van der Waals surface area contributed by atoms with Crippen molar-refractivity contribution in [1.29, 1.82) is 0 Å². The highest BCUT2D eigenvalue weighted by Gasteiger charge is 2.32. The molecule has 1 aliphatic rings. The number of rotatable bonds is 10. The molecule has 0 bridgehead atoms. The topological polar surface area (TPSA) is 56.3 Å². The van der Waals surface area contributed by atoms with E-state index in [1.54, 1.807) is 11.3 Å². The summed E-state index contributed by atoms with van der Waals surface area (Å²) in [4.78, 5) is 27.7. The Morgan fingerprint density at radius 1 is 1.35 bits per heavy atom. The molecular formula is C21H31NO3S. The maximum Gasteiger partial charge on any atom is 0.302 e. The summed E-state index contributed by atoms with van der Waals surface area (Å²) in [5, 5.41) is 3.02. The van der Waals surface area contributed by atoms with Crippen molar-refractivity contribution >= 4 is 29.2 Å². The van der Waals surface area contributed by atoms with E-state index in [4.69, 9.17) is 4.74 Å². The Labute approximate surface area is 161 Å². The van der Waals surface area contributed by atoms with Gasteiger partial charge in [0.05, 0.1) is 17.3 Å². The van der Waals surface area contributed by atoms with Gasteiger partial charge < -0.3 is 4.74 Å². The highest BCUT2D eigenvalue weighted by molar-refractivity contribution is 7.09. The summed E-state index contributed by atoms with van der Waals surface area (Å²) in [5.41, 5.74) is 1.71. The first-order chi connectivity index (χ1) is 12.3. The molecular weight excluding hydrogens is 346 g/mol. The van der Waals surface area contributed by atoms with Crippen LogP contribution in [0.15, 0.2) is 11.0 Å². The number of nitrogens with zero attached hydrogens (tertiary/aromatic N) is 1. The fourth-order valence-corrected chi connectivity index (χ4v) is 4.08. The molecule has 0 aliphatic heterocycles. The second-order valence-electron chi connectivity index (χ2n) is 7.68. The van der Waals surface area contributed by atoms with Gasteiger partial charge in [-0.1, -0.05) is 19.8 Å². The molecule has 0 saturated heterocycles. The molecule has 5 heteroatoms. The first-order valence-electron chi connectivity index (χ1n) is 9.62. The van der Waals surface area contributed by atoms with E-state index in [1.807, 2.05) is 25.3 Å². The second kappa shape index (κ2) is 10.0. The van der Waals surface area contributed by atoms with Crippen LogP contribution in [0.3, 0.4) is 0 Å². The van der Waals surface area contributed by atoms with Gasteiger partial charge in [0.15, 0.2) is 5.78 Å². The fraction of sp³-hybridized carbons (Fsp3) is 0.667. The van der Waals surface area contributed by atoms with E-state index in [-0.39, 0.29) is 11.8 Å². The number of esters is 1. The second-order valence-corrected chi connectivity index (χ2v) is 8.74. The van der Waals surface area contributed by atoms with Crippen LogP contribution in [0.5, 0.6) is 0 Å². The van der Waals surface area contributed by atoms with Crippen molar-refractivity contribution in [3.8, 4) is 0 Å². The molecule has 1 aromatic rings. The van der Waals surface area contributed by atoms with Crippen LogP contribution in [-0.2, 0) is 14.3 Å². The van der Waals surface area contributed by atoms with Crippen LogP contribution in [0.1, 0.15) is 70.0 Å². The lowest BCUT2D eigenvalue weighted by molar-refractivity contribution is -0.142. The molecule has 144 valence electrons. The summed E-state index contributed by atoms with van der Waals surface area (Å²) >= 11 is 1.61. The predicted octanol–water partition coefficient (Wildman–Crippen LogP) is 5.21. The van der Waals surface area contributed by atoms with E-state index in [9.17, 15) is 9.59 Å². The number of ether oxygens (including phenoxy) is 1. The zero-order valence-corrected chi connectivity index (χ0v) is 17.2. The summed E-state index contributed by atoms with van der Waals surface area (Å²) in [7, 11) is 0. The van der Waals surface area contributed by atoms with Crippen LogP contribution in [0.4, 0.5) is 0 Å². The van der Waals surface area contributed by atoms with Gasteiger partial charge in [-0.25, -0.2) is 4.98 Å². The number of carbonyl (C=O) groups is 2. The molecule has 3 atom stereocenters. The quantitative estimate of drug-likeness (QED) is 0.415. The van der Waals surface area contributed by atoms with E-state index in [0.29, 0.717) is 30.8 Å². The van der Waals surface area contributed by atoms with Crippen molar-refractivity contribution in [2.24, 2.45) is 17.8 Å². The highest BCUT2D eigenvalue weighted by Crippen LogP contribution is 2.41. The standard InChI is InChI=1S/C21H31NO3S/c1-14(12-25-17(4)23)6-5-7-18-8-9-19(18)11-21(24)15(2)10-20-13-26-16(3)22-20/h10,13-14,18-19H,5-9,11-12H2,1-4H3/b15-10+/t14-,18+,19-/m0/s1. The molecule has 0 unspecified atom stereocenters. The molecule has 0 spiro atoms. The number of hydrogen-bond donors (Lipinski definition) is 0. The molecule has 1 fully saturated rings. The summed E-state index contributed by atoms with van der Waals surface area (Å²) < 4.78 is 5.06. The third-order valence-corrected chi connectivity index (χ3v) is 6.10. The van der Waals surface area contributed by atoms with Crippen molar-refractivity contribution in [3.63, 3.8) is 0 Å². The Kier molecular flexibility index (Phi) is 8.01. The van der Waals surface area contributed by atoms with Crippen LogP contribution < -0.4 is 0 Å². The first kappa shape index (κ1) is 20.8. The van der Waals surface area contributed by atoms with Gasteiger partial charge in [-0.3, -0.25) is 9.59 Å². The minimum atomic E-state index is -0.203. The summed E-state index contributed by atoms with van der Waals surface area (Å²) in [6, 6.07) is 0. The molecule has 26 heavy (non-hydrogen) atoms. The lowest BCUT2D eigenvalue weighted by atomic mass is 9.68. The van der Waals surface area contributed by atoms with Gasteiger partial charge in [0, 0.05) is 18.7 Å². The third-order valence-electron chi connectivity index (χ3n) is 5.31. The van der Waals surface area contributed by atoms with Crippen molar-refractivity contribution in [1.82, 2.24) is 4.98 Å². The number of carbonyl (C=O) groups excluding carboxylic acids is 2. The van der Waals surface area contributed by atoms with Gasteiger partial charge in [0.1, 0.15) is 0 Å². The van der Waals surface area contributed by atoms with Crippen LogP contribution in [0.2, 0.25) is 0 Å². The van der Waals surface area contributed by atoms with Crippen LogP contribution >= 0.6 is 11.3 Å². The van der Waals surface area contributed by atoms with Crippen molar-refractivity contribution in [2.75, 3.05) is 6.61 Å². The van der Waals surface area contributed by atoms with E-state index in [0.717, 1.165) is 29.1 Å². The Morgan fingerprint density at radius 3 is 2.65 bits per heavy atom. The van der Waals surface area contributed by atoms with Crippen LogP contribution in [-0.4, -0.2) is 23.3 Å². The number of ketones is 1. The zero-order chi connectivity index (χ0) is 19.1. The average Bonchev–Trinajstić information content (AvgIpc) is 2.98. The third kappa shape index (κ3) is 6.67. The molecule has 1 heterocycles. The lowest BCUT2D eigenvalue weighted by Gasteiger charge is -2.36. The fourth-order valence-electron chi connectivity index (χ4n) is 3.51. The van der Waals surface area contributed by atoms with E-state index in [2.05, 4.69) is 11.9 Å². The highest BCUT2D eigenvalue weighted by atomic mass is 32.1. The minimum absolute atomic E-state index is 0.203. The number of thiazole rings is 1. The summed E-state index contributed by atoms with van der Waals surface area (Å²) in [6.07, 6.45) is 8.38. The number of aromatic nitrogens is 1. The Bertz CT molecular complexity index is 649. The lowest BCUT2D eigenvalue weighted by Crippen LogP contribution is -2.28. The monoisotopic (exact) mass is 377 g/mol. The predicted molar refractivity (Wildman–Crippen MR) is 106 cm³/mol. The van der Waals surface area contributed by atoms with Crippen LogP contribution in [0.25, 0.3) is 6.08 Å². The number of aryl methyl sites for hydroxylation is 1. The van der Waals surface area contributed by atoms with Gasteiger partial charge in [-0.15, -0.1) is 11.3 Å². The maximum absolute atomic E-state index is 12.5. The molecule has 0 aromatic carbocycles. The Balaban J connectivity index is 1.70. The van der Waals surface area contributed by atoms with Gasteiger partial charge in [-0.2, -0.15) is 0 Å². The molecule has 1 aromatic heterocycles. The van der Waals surface area contributed by atoms with Gasteiger partial charge in [0.2, 0.25) is 0 Å². The van der Waals surface area contributed by atoms with E-state index in [1.165, 1.54) is 26.2 Å². The Morgan fingerprint density at radius 2 is 2.08 bits per heavy atom. The van der Waals surface area contributed by atoms with Crippen molar-refractivity contribution in [3.05, 3.63) is 21.7 Å². The normalized spacial score (nSPS) is 21.2. The molecule has 1 aliphatic carbocycles. The molecule has 0 amide bonds. The summed E-state index contributed by atoms with van der Waals surface area (Å²) in [5.74, 6) is 1.67. The first-order valence-corrected chi connectivity index (χ1v) is 10.5. The van der Waals surface area contributed by atoms with E-state index < -0.39 is 0 Å². The van der Waals surface area contributed by atoms with Crippen LogP contribution in [0, 0.1) is 24.7 Å². The largest absolute Gasteiger partial charge is 0.466 e. The molecule has 0 N–H and O–H groups in total. The van der Waals surface area contributed by atoms with Gasteiger partial charge in [-0.05, 0) is 62.5 Å². The van der Waals surface area contributed by atoms with Gasteiger partial charge >= 0.3 is 5.97 Å². The van der Waals surface area contributed by atoms with E-state index >= 15 is 0 Å². The minimum Gasteiger partial charge on any atom is -0.466 e. The summed E-state index contributed by atoms with van der Waals surface area (Å²) in [6.45, 7) is 7.97. The molecule has 2 rings (SSSR count). The molecule has 0 radical (unpaired) electrons. The van der Waals surface area contributed by atoms with Crippen molar-refractivity contribution in [2.45, 2.75) is 66.2 Å². The SMILES string of the molecule is CC(=O)OC[C@@H](C)CCC[C@@H]1CC[C@H]1CC(=O)/C(C)=C/c1csc(C)n1. The zero-order valence-electron chi connectivity index (χ0n) is 16.4. The smallest absolute Gasteiger partial charge is 0.302 e. The molecule has 1 saturated carbocycles. The number of hydrogen-bond acceptors (Lipinski definition) is 5. The van der Waals surface area contributed by atoms with Gasteiger partial charge in [0.25, 0.3) is 0 Å².